The lowest BCUT2D eigenvalue weighted by Crippen LogP contribution is -2.40. The molecule has 0 bridgehead atoms. The van der Waals surface area contributed by atoms with Crippen molar-refractivity contribution in [1.82, 2.24) is 5.32 Å². The predicted octanol–water partition coefficient (Wildman–Crippen LogP) is 3.61. The van der Waals surface area contributed by atoms with E-state index < -0.39 is 0 Å². The number of nitrogens with one attached hydrogen (secondary N) is 1. The van der Waals surface area contributed by atoms with Gasteiger partial charge in [-0.05, 0) is 44.1 Å². The maximum Gasteiger partial charge on any atom is 0.0625 e. The van der Waals surface area contributed by atoms with E-state index in [4.69, 9.17) is 4.74 Å². The Labute approximate surface area is 108 Å². The first-order valence-corrected chi connectivity index (χ1v) is 7.52. The van der Waals surface area contributed by atoms with E-state index in [1.165, 1.54) is 32.1 Å². The molecule has 0 saturated heterocycles. The Morgan fingerprint density at radius 1 is 1.18 bits per heavy atom. The summed E-state index contributed by atoms with van der Waals surface area (Å²) in [5.74, 6) is 1.62. The van der Waals surface area contributed by atoms with Gasteiger partial charge in [0.1, 0.15) is 0 Å². The molecule has 0 aromatic carbocycles. The van der Waals surface area contributed by atoms with E-state index >= 15 is 0 Å². The molecule has 1 saturated carbocycles. The zero-order valence-corrected chi connectivity index (χ0v) is 12.2. The lowest BCUT2D eigenvalue weighted by atomic mass is 9.89. The quantitative estimate of drug-likeness (QED) is 0.735. The highest BCUT2D eigenvalue weighted by Gasteiger charge is 2.21. The zero-order valence-electron chi connectivity index (χ0n) is 12.2. The number of ether oxygens (including phenoxy) is 1. The standard InChI is InChI=1S/C15H31NO/c1-5-13(4)15(16-6-2)11-17-14-9-7-12(3)8-10-14/h12-16H,5-11H2,1-4H3. The molecule has 0 aromatic rings. The minimum atomic E-state index is 0.524. The second kappa shape index (κ2) is 8.10. The molecule has 1 rings (SSSR count). The fourth-order valence-electron chi connectivity index (χ4n) is 2.61. The molecule has 1 aliphatic carbocycles. The molecule has 1 fully saturated rings. The summed E-state index contributed by atoms with van der Waals surface area (Å²) in [5, 5.41) is 3.56. The van der Waals surface area contributed by atoms with Crippen LogP contribution in [0.5, 0.6) is 0 Å². The maximum atomic E-state index is 6.11. The molecule has 2 nitrogen and oxygen atoms in total. The number of hydrogen-bond acceptors (Lipinski definition) is 2. The van der Waals surface area contributed by atoms with Crippen LogP contribution in [0.4, 0.5) is 0 Å². The van der Waals surface area contributed by atoms with Crippen molar-refractivity contribution in [2.24, 2.45) is 11.8 Å². The first-order valence-electron chi connectivity index (χ1n) is 7.52. The van der Waals surface area contributed by atoms with Crippen molar-refractivity contribution >= 4 is 0 Å². The molecular weight excluding hydrogens is 210 g/mol. The molecule has 0 amide bonds. The van der Waals surface area contributed by atoms with Gasteiger partial charge in [0.15, 0.2) is 0 Å². The second-order valence-corrected chi connectivity index (χ2v) is 5.76. The van der Waals surface area contributed by atoms with E-state index in [0.29, 0.717) is 18.1 Å². The molecule has 0 aliphatic heterocycles. The van der Waals surface area contributed by atoms with Crippen LogP contribution in [0.3, 0.4) is 0 Å². The highest BCUT2D eigenvalue weighted by atomic mass is 16.5. The Kier molecular flexibility index (Phi) is 7.14. The highest BCUT2D eigenvalue weighted by molar-refractivity contribution is 4.75. The van der Waals surface area contributed by atoms with Crippen molar-refractivity contribution in [3.8, 4) is 0 Å². The van der Waals surface area contributed by atoms with Crippen LogP contribution >= 0.6 is 0 Å². The lowest BCUT2D eigenvalue weighted by molar-refractivity contribution is 0.00108. The third-order valence-corrected chi connectivity index (χ3v) is 4.27. The van der Waals surface area contributed by atoms with Crippen LogP contribution < -0.4 is 5.32 Å². The lowest BCUT2D eigenvalue weighted by Gasteiger charge is -2.30. The van der Waals surface area contributed by atoms with E-state index in [2.05, 4.69) is 33.0 Å². The van der Waals surface area contributed by atoms with Gasteiger partial charge in [0, 0.05) is 6.04 Å². The molecular formula is C15H31NO. The molecule has 17 heavy (non-hydrogen) atoms. The second-order valence-electron chi connectivity index (χ2n) is 5.76. The van der Waals surface area contributed by atoms with Crippen LogP contribution in [-0.2, 0) is 4.74 Å². The molecule has 0 spiro atoms. The predicted molar refractivity (Wildman–Crippen MR) is 74.3 cm³/mol. The summed E-state index contributed by atoms with van der Waals surface area (Å²) >= 11 is 0. The minimum absolute atomic E-state index is 0.524. The smallest absolute Gasteiger partial charge is 0.0625 e. The molecule has 2 atom stereocenters. The monoisotopic (exact) mass is 241 g/mol. The molecule has 0 radical (unpaired) electrons. The summed E-state index contributed by atoms with van der Waals surface area (Å²) in [7, 11) is 0. The van der Waals surface area contributed by atoms with Crippen LogP contribution in [0.25, 0.3) is 0 Å². The summed E-state index contributed by atoms with van der Waals surface area (Å²) in [6, 6.07) is 0.532. The molecule has 2 heteroatoms. The largest absolute Gasteiger partial charge is 0.377 e. The van der Waals surface area contributed by atoms with Crippen LogP contribution in [-0.4, -0.2) is 25.3 Å². The van der Waals surface area contributed by atoms with Gasteiger partial charge < -0.3 is 10.1 Å². The van der Waals surface area contributed by atoms with Crippen molar-refractivity contribution < 1.29 is 4.74 Å². The topological polar surface area (TPSA) is 21.3 Å². The summed E-state index contributed by atoms with van der Waals surface area (Å²) in [6.45, 7) is 11.0. The Hall–Kier alpha value is -0.0800. The Bertz CT molecular complexity index is 187. The van der Waals surface area contributed by atoms with E-state index in [0.717, 1.165) is 19.1 Å². The van der Waals surface area contributed by atoms with Gasteiger partial charge >= 0.3 is 0 Å². The van der Waals surface area contributed by atoms with Gasteiger partial charge in [0.2, 0.25) is 0 Å². The zero-order chi connectivity index (χ0) is 12.7. The molecule has 0 heterocycles. The van der Waals surface area contributed by atoms with Gasteiger partial charge in [0.05, 0.1) is 12.7 Å². The van der Waals surface area contributed by atoms with Gasteiger partial charge in [-0.2, -0.15) is 0 Å². The van der Waals surface area contributed by atoms with Crippen LogP contribution in [0.2, 0.25) is 0 Å². The van der Waals surface area contributed by atoms with Gasteiger partial charge in [-0.1, -0.05) is 34.1 Å². The van der Waals surface area contributed by atoms with E-state index in [1.807, 2.05) is 0 Å². The maximum absolute atomic E-state index is 6.11. The van der Waals surface area contributed by atoms with E-state index in [9.17, 15) is 0 Å². The van der Waals surface area contributed by atoms with Crippen molar-refractivity contribution in [2.45, 2.75) is 71.9 Å². The summed E-state index contributed by atoms with van der Waals surface area (Å²) in [5.41, 5.74) is 0. The minimum Gasteiger partial charge on any atom is -0.377 e. The van der Waals surface area contributed by atoms with Crippen molar-refractivity contribution in [3.63, 3.8) is 0 Å². The summed E-state index contributed by atoms with van der Waals surface area (Å²) < 4.78 is 6.11. The fourth-order valence-corrected chi connectivity index (χ4v) is 2.61. The highest BCUT2D eigenvalue weighted by Crippen LogP contribution is 2.25. The number of likely N-dealkylation sites (N-methyl/N-ethyl adjacent to an activating group) is 1. The Morgan fingerprint density at radius 2 is 1.82 bits per heavy atom. The molecule has 2 unspecified atom stereocenters. The summed E-state index contributed by atoms with van der Waals surface area (Å²) in [6.07, 6.45) is 6.97. The van der Waals surface area contributed by atoms with Crippen molar-refractivity contribution in [3.05, 3.63) is 0 Å². The average molecular weight is 241 g/mol. The van der Waals surface area contributed by atoms with Gasteiger partial charge in [-0.15, -0.1) is 0 Å². The third kappa shape index (κ3) is 5.39. The summed E-state index contributed by atoms with van der Waals surface area (Å²) in [4.78, 5) is 0. The van der Waals surface area contributed by atoms with Crippen molar-refractivity contribution in [1.29, 1.82) is 0 Å². The van der Waals surface area contributed by atoms with Crippen LogP contribution in [0, 0.1) is 11.8 Å². The number of rotatable bonds is 7. The molecule has 0 aromatic heterocycles. The molecule has 1 aliphatic rings. The van der Waals surface area contributed by atoms with Crippen molar-refractivity contribution in [2.75, 3.05) is 13.2 Å². The van der Waals surface area contributed by atoms with Gasteiger partial charge in [-0.25, -0.2) is 0 Å². The Balaban J connectivity index is 2.26. The van der Waals surface area contributed by atoms with Crippen LogP contribution in [0.15, 0.2) is 0 Å². The van der Waals surface area contributed by atoms with Gasteiger partial charge in [-0.3, -0.25) is 0 Å². The molecule has 102 valence electrons. The molecule has 1 N–H and O–H groups in total. The third-order valence-electron chi connectivity index (χ3n) is 4.27. The first-order chi connectivity index (χ1) is 8.17. The Morgan fingerprint density at radius 3 is 2.35 bits per heavy atom. The van der Waals surface area contributed by atoms with E-state index in [1.54, 1.807) is 0 Å². The first kappa shape index (κ1) is 15.0. The SMILES string of the molecule is CCNC(COC1CCC(C)CC1)C(C)CC. The normalized spacial score (nSPS) is 28.9. The van der Waals surface area contributed by atoms with Crippen LogP contribution in [0.1, 0.15) is 59.8 Å². The van der Waals surface area contributed by atoms with Gasteiger partial charge in [0.25, 0.3) is 0 Å². The van der Waals surface area contributed by atoms with E-state index in [-0.39, 0.29) is 0 Å². The fraction of sp³-hybridized carbons (Fsp3) is 1.00. The average Bonchev–Trinajstić information content (AvgIpc) is 2.35. The number of hydrogen-bond donors (Lipinski definition) is 1.